The summed E-state index contributed by atoms with van der Waals surface area (Å²) in [5.41, 5.74) is 0.158. The maximum atomic E-state index is 5.13. The summed E-state index contributed by atoms with van der Waals surface area (Å²) in [5, 5.41) is -0.0538. The first-order chi connectivity index (χ1) is 4.73. The molecule has 11 heavy (non-hydrogen) atoms. The van der Waals surface area contributed by atoms with Crippen molar-refractivity contribution in [2.45, 2.75) is 32.9 Å². The first-order valence-corrected chi connectivity index (χ1v) is 4.33. The molecule has 0 aromatic heterocycles. The van der Waals surface area contributed by atoms with E-state index in [0.29, 0.717) is 0 Å². The van der Waals surface area contributed by atoms with Crippen LogP contribution in [0.1, 0.15) is 27.7 Å². The van der Waals surface area contributed by atoms with E-state index in [0.717, 1.165) is 5.76 Å². The predicted octanol–water partition coefficient (Wildman–Crippen LogP) is 2.83. The third-order valence-corrected chi connectivity index (χ3v) is 3.57. The Kier molecular flexibility index (Phi) is 3.14. The Morgan fingerprint density at radius 2 is 1.64 bits per heavy atom. The molecule has 0 N–H and O–H groups in total. The van der Waals surface area contributed by atoms with Gasteiger partial charge in [-0.1, -0.05) is 27.4 Å². The molecule has 0 heterocycles. The van der Waals surface area contributed by atoms with Crippen LogP contribution in [0.4, 0.5) is 0 Å². The van der Waals surface area contributed by atoms with Crippen LogP contribution < -0.4 is 0 Å². The Morgan fingerprint density at radius 1 is 1.27 bits per heavy atom. The number of rotatable bonds is 2. The monoisotopic (exact) mass is 174 g/mol. The molecule has 0 bridgehead atoms. The summed E-state index contributed by atoms with van der Waals surface area (Å²) in [6.45, 7) is 12.5. The van der Waals surface area contributed by atoms with E-state index in [-0.39, 0.29) is 10.6 Å². The fourth-order valence-corrected chi connectivity index (χ4v) is 0.748. The summed E-state index contributed by atoms with van der Waals surface area (Å²) in [6.07, 6.45) is 0. The van der Waals surface area contributed by atoms with Crippen molar-refractivity contribution >= 4 is 9.24 Å². The zero-order chi connectivity index (χ0) is 9.28. The summed E-state index contributed by atoms with van der Waals surface area (Å²) in [7, 11) is 4.46. The molecule has 0 aliphatic heterocycles. The van der Waals surface area contributed by atoms with Gasteiger partial charge in [0, 0.05) is 5.16 Å². The Labute approximate surface area is 72.4 Å². The first-order valence-electron chi connectivity index (χ1n) is 3.75. The SMILES string of the molecule is C=C(OC)C(C)(P)C(C)(C)C. The van der Waals surface area contributed by atoms with Crippen LogP contribution in [0.15, 0.2) is 12.3 Å². The zero-order valence-corrected chi connectivity index (χ0v) is 9.35. The second-order valence-corrected chi connectivity index (χ2v) is 5.23. The third kappa shape index (κ3) is 2.20. The number of allylic oxidation sites excluding steroid dienone is 1. The van der Waals surface area contributed by atoms with Crippen molar-refractivity contribution in [2.24, 2.45) is 5.41 Å². The normalized spacial score (nSPS) is 17.3. The molecule has 0 amide bonds. The standard InChI is InChI=1S/C9H19OP/c1-7(10-6)9(5,11)8(2,3)4/h1,11H2,2-6H3. The second kappa shape index (κ2) is 3.15. The minimum atomic E-state index is -0.0538. The van der Waals surface area contributed by atoms with Crippen molar-refractivity contribution in [3.05, 3.63) is 12.3 Å². The lowest BCUT2D eigenvalue weighted by atomic mass is 9.80. The van der Waals surface area contributed by atoms with Crippen LogP contribution in [0.3, 0.4) is 0 Å². The highest BCUT2D eigenvalue weighted by Gasteiger charge is 2.36. The number of ether oxygens (including phenoxy) is 1. The van der Waals surface area contributed by atoms with Crippen molar-refractivity contribution in [1.29, 1.82) is 0 Å². The van der Waals surface area contributed by atoms with Crippen LogP contribution in [-0.4, -0.2) is 12.3 Å². The number of hydrogen-bond donors (Lipinski definition) is 0. The van der Waals surface area contributed by atoms with Gasteiger partial charge < -0.3 is 4.74 Å². The van der Waals surface area contributed by atoms with Gasteiger partial charge in [-0.25, -0.2) is 0 Å². The Morgan fingerprint density at radius 3 is 1.73 bits per heavy atom. The lowest BCUT2D eigenvalue weighted by Crippen LogP contribution is -2.35. The second-order valence-electron chi connectivity index (χ2n) is 4.08. The van der Waals surface area contributed by atoms with E-state index in [1.165, 1.54) is 0 Å². The minimum absolute atomic E-state index is 0.0538. The molecule has 0 saturated heterocycles. The highest BCUT2D eigenvalue weighted by Crippen LogP contribution is 2.43. The summed E-state index contributed by atoms with van der Waals surface area (Å²) in [5.74, 6) is 0.815. The zero-order valence-electron chi connectivity index (χ0n) is 8.19. The minimum Gasteiger partial charge on any atom is -0.501 e. The van der Waals surface area contributed by atoms with E-state index in [1.807, 2.05) is 0 Å². The summed E-state index contributed by atoms with van der Waals surface area (Å²) in [6, 6.07) is 0. The Hall–Kier alpha value is -0.0300. The van der Waals surface area contributed by atoms with Gasteiger partial charge in [-0.2, -0.15) is 0 Å². The van der Waals surface area contributed by atoms with Crippen LogP contribution in [0.2, 0.25) is 0 Å². The molecule has 0 aliphatic carbocycles. The van der Waals surface area contributed by atoms with Crippen molar-refractivity contribution < 1.29 is 4.74 Å². The molecule has 66 valence electrons. The van der Waals surface area contributed by atoms with Gasteiger partial charge >= 0.3 is 0 Å². The molecule has 2 atom stereocenters. The fourth-order valence-electron chi connectivity index (χ4n) is 0.630. The molecule has 2 heteroatoms. The molecule has 0 aromatic rings. The van der Waals surface area contributed by atoms with Gasteiger partial charge in [0.05, 0.1) is 12.9 Å². The van der Waals surface area contributed by atoms with E-state index < -0.39 is 0 Å². The topological polar surface area (TPSA) is 9.23 Å². The molecular weight excluding hydrogens is 155 g/mol. The van der Waals surface area contributed by atoms with E-state index in [4.69, 9.17) is 4.74 Å². The van der Waals surface area contributed by atoms with Gasteiger partial charge in [-0.05, 0) is 12.3 Å². The van der Waals surface area contributed by atoms with E-state index in [1.54, 1.807) is 7.11 Å². The lowest BCUT2D eigenvalue weighted by molar-refractivity contribution is 0.200. The average Bonchev–Trinajstić information content (AvgIpc) is 1.83. The fraction of sp³-hybridized carbons (Fsp3) is 0.778. The molecule has 0 aliphatic rings. The van der Waals surface area contributed by atoms with Crippen molar-refractivity contribution in [2.75, 3.05) is 7.11 Å². The number of methoxy groups -OCH3 is 1. The van der Waals surface area contributed by atoms with Crippen molar-refractivity contribution in [3.63, 3.8) is 0 Å². The van der Waals surface area contributed by atoms with Crippen LogP contribution in [0, 0.1) is 5.41 Å². The molecule has 0 aromatic carbocycles. The molecule has 0 rings (SSSR count). The Balaban J connectivity index is 4.59. The maximum absolute atomic E-state index is 5.13. The van der Waals surface area contributed by atoms with Crippen LogP contribution in [-0.2, 0) is 4.74 Å². The predicted molar refractivity (Wildman–Crippen MR) is 53.7 cm³/mol. The van der Waals surface area contributed by atoms with Gasteiger partial charge in [-0.15, -0.1) is 9.24 Å². The first kappa shape index (κ1) is 11.0. The van der Waals surface area contributed by atoms with E-state index in [9.17, 15) is 0 Å². The molecule has 0 spiro atoms. The highest BCUT2D eigenvalue weighted by atomic mass is 31.0. The summed E-state index contributed by atoms with van der Waals surface area (Å²) in [4.78, 5) is 0. The molecule has 0 saturated carbocycles. The van der Waals surface area contributed by atoms with Crippen molar-refractivity contribution in [1.82, 2.24) is 0 Å². The van der Waals surface area contributed by atoms with Gasteiger partial charge in [-0.3, -0.25) is 0 Å². The van der Waals surface area contributed by atoms with Gasteiger partial charge in [0.2, 0.25) is 0 Å². The third-order valence-electron chi connectivity index (χ3n) is 2.38. The van der Waals surface area contributed by atoms with Crippen LogP contribution >= 0.6 is 9.24 Å². The lowest BCUT2D eigenvalue weighted by Gasteiger charge is -2.38. The van der Waals surface area contributed by atoms with Crippen molar-refractivity contribution in [3.8, 4) is 0 Å². The molecule has 0 fully saturated rings. The van der Waals surface area contributed by atoms with Crippen LogP contribution in [0.25, 0.3) is 0 Å². The molecule has 1 nitrogen and oxygen atoms in total. The average molecular weight is 174 g/mol. The van der Waals surface area contributed by atoms with Gasteiger partial charge in [0.25, 0.3) is 0 Å². The van der Waals surface area contributed by atoms with Gasteiger partial charge in [0.1, 0.15) is 0 Å². The van der Waals surface area contributed by atoms with Gasteiger partial charge in [0.15, 0.2) is 0 Å². The van der Waals surface area contributed by atoms with E-state index in [2.05, 4.69) is 43.5 Å². The summed E-state index contributed by atoms with van der Waals surface area (Å²) < 4.78 is 5.13. The largest absolute Gasteiger partial charge is 0.501 e. The Bertz CT molecular complexity index is 153. The maximum Gasteiger partial charge on any atom is 0.0985 e. The number of hydrogen-bond acceptors (Lipinski definition) is 1. The van der Waals surface area contributed by atoms with E-state index >= 15 is 0 Å². The summed E-state index contributed by atoms with van der Waals surface area (Å²) >= 11 is 0. The molecule has 0 radical (unpaired) electrons. The smallest absolute Gasteiger partial charge is 0.0985 e. The highest BCUT2D eigenvalue weighted by molar-refractivity contribution is 7.19. The molecular formula is C9H19OP. The van der Waals surface area contributed by atoms with Crippen LogP contribution in [0.5, 0.6) is 0 Å². The quantitative estimate of drug-likeness (QED) is 0.462. The molecule has 2 unspecified atom stereocenters.